The molecule has 11 heavy (non-hydrogen) atoms. The monoisotopic (exact) mass is 156 g/mol. The third-order valence-corrected chi connectivity index (χ3v) is 3.49. The normalized spacial score (nSPS) is 44.7. The van der Waals surface area contributed by atoms with E-state index in [-0.39, 0.29) is 5.41 Å². The number of rotatable bonds is 2. The summed E-state index contributed by atoms with van der Waals surface area (Å²) in [6.45, 7) is 6.42. The van der Waals surface area contributed by atoms with Crippen LogP contribution in [0.3, 0.4) is 0 Å². The average molecular weight is 156 g/mol. The minimum atomic E-state index is -0.400. The standard InChI is InChI=1S/C10H20O/c1-4-6-9(2)7-5-8-10(9,3)11/h11H,4-8H2,1-3H3. The highest BCUT2D eigenvalue weighted by molar-refractivity contribution is 4.97. The molecule has 0 saturated heterocycles. The van der Waals surface area contributed by atoms with Crippen molar-refractivity contribution in [1.29, 1.82) is 0 Å². The fraction of sp³-hybridized carbons (Fsp3) is 1.00. The molecule has 1 aliphatic carbocycles. The summed E-state index contributed by atoms with van der Waals surface area (Å²) in [4.78, 5) is 0. The Kier molecular flexibility index (Phi) is 2.29. The zero-order chi connectivity index (χ0) is 8.54. The van der Waals surface area contributed by atoms with Gasteiger partial charge in [0, 0.05) is 0 Å². The van der Waals surface area contributed by atoms with Gasteiger partial charge < -0.3 is 5.11 Å². The van der Waals surface area contributed by atoms with Crippen LogP contribution in [0, 0.1) is 5.41 Å². The quantitative estimate of drug-likeness (QED) is 0.651. The lowest BCUT2D eigenvalue weighted by Gasteiger charge is -2.36. The molecule has 2 atom stereocenters. The van der Waals surface area contributed by atoms with Crippen LogP contribution in [0.2, 0.25) is 0 Å². The predicted molar refractivity (Wildman–Crippen MR) is 47.5 cm³/mol. The molecule has 0 aromatic carbocycles. The minimum absolute atomic E-state index is 0.196. The molecule has 1 saturated carbocycles. The van der Waals surface area contributed by atoms with Crippen molar-refractivity contribution in [3.05, 3.63) is 0 Å². The zero-order valence-corrected chi connectivity index (χ0v) is 7.98. The molecule has 66 valence electrons. The first-order valence-electron chi connectivity index (χ1n) is 4.74. The lowest BCUT2D eigenvalue weighted by molar-refractivity contribution is -0.0403. The van der Waals surface area contributed by atoms with Crippen LogP contribution in [0.25, 0.3) is 0 Å². The molecule has 1 heteroatoms. The van der Waals surface area contributed by atoms with Crippen LogP contribution in [0.4, 0.5) is 0 Å². The highest BCUT2D eigenvalue weighted by Gasteiger charge is 2.46. The van der Waals surface area contributed by atoms with Crippen LogP contribution >= 0.6 is 0 Å². The Hall–Kier alpha value is -0.0400. The molecule has 0 amide bonds. The van der Waals surface area contributed by atoms with Crippen molar-refractivity contribution in [2.24, 2.45) is 5.41 Å². The van der Waals surface area contributed by atoms with Gasteiger partial charge in [0.1, 0.15) is 0 Å². The van der Waals surface area contributed by atoms with Crippen LogP contribution < -0.4 is 0 Å². The number of hydrogen-bond donors (Lipinski definition) is 1. The third kappa shape index (κ3) is 1.44. The van der Waals surface area contributed by atoms with Gasteiger partial charge in [0.25, 0.3) is 0 Å². The van der Waals surface area contributed by atoms with Gasteiger partial charge in [0.05, 0.1) is 5.60 Å². The molecular formula is C10H20O. The molecule has 0 spiro atoms. The van der Waals surface area contributed by atoms with E-state index in [2.05, 4.69) is 13.8 Å². The number of hydrogen-bond acceptors (Lipinski definition) is 1. The molecule has 1 N–H and O–H groups in total. The summed E-state index contributed by atoms with van der Waals surface area (Å²) in [5.74, 6) is 0. The Morgan fingerprint density at radius 1 is 1.27 bits per heavy atom. The maximum atomic E-state index is 10.0. The predicted octanol–water partition coefficient (Wildman–Crippen LogP) is 2.73. The van der Waals surface area contributed by atoms with E-state index in [0.29, 0.717) is 0 Å². The first-order valence-corrected chi connectivity index (χ1v) is 4.74. The first kappa shape index (κ1) is 9.05. The first-order chi connectivity index (χ1) is 5.02. The van der Waals surface area contributed by atoms with Gasteiger partial charge >= 0.3 is 0 Å². The molecule has 0 radical (unpaired) electrons. The molecular weight excluding hydrogens is 136 g/mol. The second-order valence-electron chi connectivity index (χ2n) is 4.44. The molecule has 0 bridgehead atoms. The summed E-state index contributed by atoms with van der Waals surface area (Å²) in [7, 11) is 0. The van der Waals surface area contributed by atoms with E-state index in [1.54, 1.807) is 0 Å². The van der Waals surface area contributed by atoms with Gasteiger partial charge in [-0.2, -0.15) is 0 Å². The number of aliphatic hydroxyl groups is 1. The van der Waals surface area contributed by atoms with E-state index in [4.69, 9.17) is 0 Å². The van der Waals surface area contributed by atoms with Gasteiger partial charge in [-0.3, -0.25) is 0 Å². The van der Waals surface area contributed by atoms with E-state index in [1.165, 1.54) is 25.7 Å². The minimum Gasteiger partial charge on any atom is -0.390 e. The van der Waals surface area contributed by atoms with Gasteiger partial charge in [-0.25, -0.2) is 0 Å². The molecule has 0 aromatic rings. The van der Waals surface area contributed by atoms with Crippen molar-refractivity contribution in [3.63, 3.8) is 0 Å². The van der Waals surface area contributed by atoms with Crippen molar-refractivity contribution in [2.75, 3.05) is 0 Å². The average Bonchev–Trinajstić information content (AvgIpc) is 2.09. The zero-order valence-electron chi connectivity index (χ0n) is 7.98. The van der Waals surface area contributed by atoms with Crippen molar-refractivity contribution >= 4 is 0 Å². The highest BCUT2D eigenvalue weighted by atomic mass is 16.3. The lowest BCUT2D eigenvalue weighted by atomic mass is 9.74. The molecule has 0 heterocycles. The molecule has 0 aromatic heterocycles. The largest absolute Gasteiger partial charge is 0.390 e. The third-order valence-electron chi connectivity index (χ3n) is 3.49. The van der Waals surface area contributed by atoms with Crippen LogP contribution in [0.15, 0.2) is 0 Å². The van der Waals surface area contributed by atoms with Crippen LogP contribution in [-0.2, 0) is 0 Å². The Morgan fingerprint density at radius 2 is 1.91 bits per heavy atom. The van der Waals surface area contributed by atoms with Crippen molar-refractivity contribution in [2.45, 2.75) is 58.5 Å². The van der Waals surface area contributed by atoms with Gasteiger partial charge in [-0.1, -0.05) is 20.3 Å². The van der Waals surface area contributed by atoms with E-state index in [9.17, 15) is 5.11 Å². The van der Waals surface area contributed by atoms with E-state index < -0.39 is 5.60 Å². The second kappa shape index (κ2) is 2.78. The molecule has 1 aliphatic rings. The van der Waals surface area contributed by atoms with Crippen LogP contribution in [0.1, 0.15) is 52.9 Å². The fourth-order valence-corrected chi connectivity index (χ4v) is 2.34. The summed E-state index contributed by atoms with van der Waals surface area (Å²) >= 11 is 0. The smallest absolute Gasteiger partial charge is 0.0673 e. The van der Waals surface area contributed by atoms with E-state index >= 15 is 0 Å². The van der Waals surface area contributed by atoms with E-state index in [0.717, 1.165) is 6.42 Å². The molecule has 2 unspecified atom stereocenters. The van der Waals surface area contributed by atoms with Crippen LogP contribution in [0.5, 0.6) is 0 Å². The van der Waals surface area contributed by atoms with Gasteiger partial charge in [-0.05, 0) is 38.0 Å². The second-order valence-corrected chi connectivity index (χ2v) is 4.44. The molecule has 0 aliphatic heterocycles. The Morgan fingerprint density at radius 3 is 2.27 bits per heavy atom. The van der Waals surface area contributed by atoms with Crippen molar-refractivity contribution in [3.8, 4) is 0 Å². The maximum absolute atomic E-state index is 10.0. The van der Waals surface area contributed by atoms with Crippen LogP contribution in [-0.4, -0.2) is 10.7 Å². The topological polar surface area (TPSA) is 20.2 Å². The molecule has 1 rings (SSSR count). The Bertz CT molecular complexity index is 140. The SMILES string of the molecule is CCCC1(C)CCCC1(C)O. The maximum Gasteiger partial charge on any atom is 0.0673 e. The molecule has 1 nitrogen and oxygen atoms in total. The van der Waals surface area contributed by atoms with Crippen molar-refractivity contribution < 1.29 is 5.11 Å². The van der Waals surface area contributed by atoms with Gasteiger partial charge in [0.2, 0.25) is 0 Å². The Labute approximate surface area is 69.8 Å². The summed E-state index contributed by atoms with van der Waals surface area (Å²) in [5, 5.41) is 10.0. The fourth-order valence-electron chi connectivity index (χ4n) is 2.34. The summed E-state index contributed by atoms with van der Waals surface area (Å²) < 4.78 is 0. The van der Waals surface area contributed by atoms with Crippen molar-refractivity contribution in [1.82, 2.24) is 0 Å². The summed E-state index contributed by atoms with van der Waals surface area (Å²) in [5.41, 5.74) is -0.204. The molecule has 1 fully saturated rings. The Balaban J connectivity index is 2.68. The van der Waals surface area contributed by atoms with Gasteiger partial charge in [-0.15, -0.1) is 0 Å². The van der Waals surface area contributed by atoms with E-state index in [1.807, 2.05) is 6.92 Å². The summed E-state index contributed by atoms with van der Waals surface area (Å²) in [6.07, 6.45) is 5.74. The van der Waals surface area contributed by atoms with Gasteiger partial charge in [0.15, 0.2) is 0 Å². The lowest BCUT2D eigenvalue weighted by Crippen LogP contribution is -2.38. The summed E-state index contributed by atoms with van der Waals surface area (Å²) in [6, 6.07) is 0. The highest BCUT2D eigenvalue weighted by Crippen LogP contribution is 2.48.